The smallest absolute Gasteiger partial charge is 0.219 e. The van der Waals surface area contributed by atoms with Crippen LogP contribution in [0.1, 0.15) is 20.3 Å². The van der Waals surface area contributed by atoms with Gasteiger partial charge in [0, 0.05) is 38.8 Å². The minimum Gasteiger partial charge on any atom is -0.379 e. The van der Waals surface area contributed by atoms with Crippen molar-refractivity contribution in [3.63, 3.8) is 0 Å². The number of nitro groups is 1. The molecule has 0 bridgehead atoms. The molecular formula is C8H16N2O4. The summed E-state index contributed by atoms with van der Waals surface area (Å²) in [6.07, 6.45) is 0.475. The van der Waals surface area contributed by atoms with Crippen LogP contribution >= 0.6 is 0 Å². The van der Waals surface area contributed by atoms with Crippen LogP contribution < -0.4 is 5.32 Å². The summed E-state index contributed by atoms with van der Waals surface area (Å²) in [5.74, 6) is 0. The third-order valence-electron chi connectivity index (χ3n) is 1.98. The first kappa shape index (κ1) is 12.8. The van der Waals surface area contributed by atoms with Gasteiger partial charge in [0.05, 0.1) is 6.10 Å². The number of hydrogen-bond acceptors (Lipinski definition) is 4. The number of nitrogens with zero attached hydrogens (tertiary/aromatic N) is 1. The van der Waals surface area contributed by atoms with Crippen molar-refractivity contribution in [2.75, 3.05) is 13.7 Å². The summed E-state index contributed by atoms with van der Waals surface area (Å²) in [6.45, 7) is 3.34. The zero-order valence-electron chi connectivity index (χ0n) is 8.65. The van der Waals surface area contributed by atoms with Gasteiger partial charge in [0.1, 0.15) is 0 Å². The van der Waals surface area contributed by atoms with Gasteiger partial charge < -0.3 is 10.1 Å². The Labute approximate surface area is 82.8 Å². The van der Waals surface area contributed by atoms with Crippen LogP contribution in [0.15, 0.2) is 0 Å². The highest BCUT2D eigenvalue weighted by molar-refractivity contribution is 5.45. The summed E-state index contributed by atoms with van der Waals surface area (Å²) < 4.78 is 5.01. The number of carbonyl (C=O) groups is 1. The highest BCUT2D eigenvalue weighted by Crippen LogP contribution is 2.16. The van der Waals surface area contributed by atoms with Crippen molar-refractivity contribution in [3.8, 4) is 0 Å². The van der Waals surface area contributed by atoms with Crippen LogP contribution in [0.25, 0.3) is 0 Å². The molecule has 0 aliphatic rings. The van der Waals surface area contributed by atoms with Crippen molar-refractivity contribution in [1.29, 1.82) is 0 Å². The molecule has 0 aromatic rings. The number of carbonyl (C=O) groups excluding carboxylic acids is 1. The second kappa shape index (κ2) is 5.54. The normalized spacial score (nSPS) is 13.4. The van der Waals surface area contributed by atoms with E-state index in [1.807, 2.05) is 0 Å². The summed E-state index contributed by atoms with van der Waals surface area (Å²) >= 11 is 0. The molecule has 0 radical (unpaired) electrons. The average molecular weight is 204 g/mol. The molecule has 0 fully saturated rings. The Kier molecular flexibility index (Phi) is 5.07. The number of ether oxygens (including phenoxy) is 1. The number of amides is 1. The summed E-state index contributed by atoms with van der Waals surface area (Å²) in [6, 6.07) is 0. The molecule has 0 saturated heterocycles. The Morgan fingerprint density at radius 3 is 2.57 bits per heavy atom. The standard InChI is InChI=1S/C8H16N2O4/c1-8(2,10(12)13)4-7(14-3)5-9-6-11/h6-7H,4-5H2,1-3H3,(H,9,11). The zero-order chi connectivity index (χ0) is 11.2. The molecule has 1 amide bonds. The fourth-order valence-corrected chi connectivity index (χ4v) is 1.05. The lowest BCUT2D eigenvalue weighted by Gasteiger charge is -2.21. The lowest BCUT2D eigenvalue weighted by molar-refractivity contribution is -0.563. The molecule has 1 unspecified atom stereocenters. The van der Waals surface area contributed by atoms with Crippen LogP contribution in [-0.4, -0.2) is 36.6 Å². The van der Waals surface area contributed by atoms with E-state index in [-0.39, 0.29) is 24.0 Å². The second-order valence-electron chi connectivity index (χ2n) is 3.66. The van der Waals surface area contributed by atoms with Crippen LogP contribution in [0.5, 0.6) is 0 Å². The van der Waals surface area contributed by atoms with Gasteiger partial charge in [0.2, 0.25) is 11.9 Å². The van der Waals surface area contributed by atoms with Gasteiger partial charge in [-0.2, -0.15) is 0 Å². The summed E-state index contributed by atoms with van der Waals surface area (Å²) in [5.41, 5.74) is -1.04. The first-order chi connectivity index (χ1) is 6.44. The zero-order valence-corrected chi connectivity index (χ0v) is 8.65. The van der Waals surface area contributed by atoms with Gasteiger partial charge in [0.25, 0.3) is 0 Å². The minimum atomic E-state index is -1.04. The topological polar surface area (TPSA) is 81.5 Å². The highest BCUT2D eigenvalue weighted by Gasteiger charge is 2.34. The molecule has 0 rings (SSSR count). The summed E-state index contributed by atoms with van der Waals surface area (Å²) in [5, 5.41) is 13.0. The molecule has 0 saturated carbocycles. The maximum atomic E-state index is 10.6. The summed E-state index contributed by atoms with van der Waals surface area (Å²) in [7, 11) is 1.47. The molecule has 0 spiro atoms. The maximum Gasteiger partial charge on any atom is 0.219 e. The third-order valence-corrected chi connectivity index (χ3v) is 1.98. The molecule has 0 aliphatic heterocycles. The van der Waals surface area contributed by atoms with Gasteiger partial charge in [-0.15, -0.1) is 0 Å². The third kappa shape index (κ3) is 4.18. The molecule has 6 heteroatoms. The van der Waals surface area contributed by atoms with E-state index in [0.29, 0.717) is 6.41 Å². The van der Waals surface area contributed by atoms with Crippen molar-refractivity contribution < 1.29 is 14.5 Å². The molecule has 0 heterocycles. The lowest BCUT2D eigenvalue weighted by atomic mass is 9.97. The van der Waals surface area contributed by atoms with E-state index in [2.05, 4.69) is 5.32 Å². The van der Waals surface area contributed by atoms with Crippen LogP contribution in [-0.2, 0) is 9.53 Å². The van der Waals surface area contributed by atoms with E-state index in [1.54, 1.807) is 0 Å². The molecule has 14 heavy (non-hydrogen) atoms. The van der Waals surface area contributed by atoms with Gasteiger partial charge in [-0.3, -0.25) is 14.9 Å². The number of nitrogens with one attached hydrogen (secondary N) is 1. The molecule has 0 aromatic heterocycles. The first-order valence-corrected chi connectivity index (χ1v) is 4.28. The molecule has 0 aromatic carbocycles. The van der Waals surface area contributed by atoms with Gasteiger partial charge in [-0.05, 0) is 0 Å². The van der Waals surface area contributed by atoms with E-state index in [0.717, 1.165) is 0 Å². The van der Waals surface area contributed by atoms with Crippen LogP contribution in [0.3, 0.4) is 0 Å². The second-order valence-corrected chi connectivity index (χ2v) is 3.66. The molecule has 1 N–H and O–H groups in total. The quantitative estimate of drug-likeness (QED) is 0.364. The van der Waals surface area contributed by atoms with Gasteiger partial charge in [-0.25, -0.2) is 0 Å². The molecule has 6 nitrogen and oxygen atoms in total. The van der Waals surface area contributed by atoms with Gasteiger partial charge >= 0.3 is 0 Å². The average Bonchev–Trinajstić information content (AvgIpc) is 2.11. The maximum absolute atomic E-state index is 10.6. The lowest BCUT2D eigenvalue weighted by Crippen LogP contribution is -2.39. The van der Waals surface area contributed by atoms with Crippen molar-refractivity contribution >= 4 is 6.41 Å². The fraction of sp³-hybridized carbons (Fsp3) is 0.875. The molecule has 82 valence electrons. The Morgan fingerprint density at radius 2 is 2.21 bits per heavy atom. The van der Waals surface area contributed by atoms with Crippen LogP contribution in [0, 0.1) is 10.1 Å². The van der Waals surface area contributed by atoms with Crippen LogP contribution in [0.2, 0.25) is 0 Å². The number of rotatable bonds is 7. The van der Waals surface area contributed by atoms with E-state index >= 15 is 0 Å². The first-order valence-electron chi connectivity index (χ1n) is 4.28. The Bertz CT molecular complexity index is 206. The SMILES string of the molecule is COC(CNC=O)CC(C)(C)[N+](=O)[O-]. The van der Waals surface area contributed by atoms with Crippen molar-refractivity contribution in [2.24, 2.45) is 0 Å². The monoisotopic (exact) mass is 204 g/mol. The van der Waals surface area contributed by atoms with E-state index in [4.69, 9.17) is 4.74 Å². The largest absolute Gasteiger partial charge is 0.379 e. The van der Waals surface area contributed by atoms with Crippen LogP contribution in [0.4, 0.5) is 0 Å². The minimum absolute atomic E-state index is 0.261. The Balaban J connectivity index is 4.15. The van der Waals surface area contributed by atoms with Crippen molar-refractivity contribution in [1.82, 2.24) is 5.32 Å². The van der Waals surface area contributed by atoms with Crippen molar-refractivity contribution in [2.45, 2.75) is 31.9 Å². The predicted octanol–water partition coefficient (Wildman–Crippen LogP) is 0.193. The van der Waals surface area contributed by atoms with E-state index in [9.17, 15) is 14.9 Å². The molecule has 1 atom stereocenters. The van der Waals surface area contributed by atoms with E-state index < -0.39 is 5.54 Å². The highest BCUT2D eigenvalue weighted by atomic mass is 16.6. The number of methoxy groups -OCH3 is 1. The summed E-state index contributed by atoms with van der Waals surface area (Å²) in [4.78, 5) is 20.3. The van der Waals surface area contributed by atoms with Gasteiger partial charge in [-0.1, -0.05) is 0 Å². The molecular weight excluding hydrogens is 188 g/mol. The van der Waals surface area contributed by atoms with Crippen molar-refractivity contribution in [3.05, 3.63) is 10.1 Å². The fourth-order valence-electron chi connectivity index (χ4n) is 1.05. The van der Waals surface area contributed by atoms with E-state index in [1.165, 1.54) is 21.0 Å². The van der Waals surface area contributed by atoms with Gasteiger partial charge in [0.15, 0.2) is 0 Å². The number of hydrogen-bond donors (Lipinski definition) is 1. The Hall–Kier alpha value is -1.17. The Morgan fingerprint density at radius 1 is 1.64 bits per heavy atom. The predicted molar refractivity (Wildman–Crippen MR) is 50.6 cm³/mol. The molecule has 0 aliphatic carbocycles.